The van der Waals surface area contributed by atoms with Gasteiger partial charge in [0.15, 0.2) is 0 Å². The summed E-state index contributed by atoms with van der Waals surface area (Å²) >= 11 is 0. The van der Waals surface area contributed by atoms with Gasteiger partial charge in [0.05, 0.1) is 6.04 Å². The average molecular weight is 298 g/mol. The highest BCUT2D eigenvalue weighted by Crippen LogP contribution is 2.33. The molecule has 2 fully saturated rings. The first-order chi connectivity index (χ1) is 10.8. The van der Waals surface area contributed by atoms with Gasteiger partial charge in [-0.15, -0.1) is 0 Å². The standard InChI is InChI=1S/C19H26N2O/c22-19(12-13-10-15-8-9-16(11-13)20-15)21-18-7-3-5-14-4-1-2-6-17(14)18/h1-2,4,6,13,15-16,18,20H,3,5,7-12H2,(H,21,22). The van der Waals surface area contributed by atoms with Crippen molar-refractivity contribution in [1.29, 1.82) is 0 Å². The second kappa shape index (κ2) is 6.04. The molecule has 1 amide bonds. The minimum Gasteiger partial charge on any atom is -0.349 e. The second-order valence-electron chi connectivity index (χ2n) is 7.39. The van der Waals surface area contributed by atoms with Crippen molar-refractivity contribution in [2.75, 3.05) is 0 Å². The van der Waals surface area contributed by atoms with E-state index < -0.39 is 0 Å². The lowest BCUT2D eigenvalue weighted by atomic mass is 9.86. The van der Waals surface area contributed by atoms with E-state index in [9.17, 15) is 4.79 Å². The van der Waals surface area contributed by atoms with Gasteiger partial charge in [-0.05, 0) is 62.0 Å². The van der Waals surface area contributed by atoms with E-state index in [1.165, 1.54) is 43.2 Å². The van der Waals surface area contributed by atoms with Gasteiger partial charge in [0.1, 0.15) is 0 Å². The van der Waals surface area contributed by atoms with Gasteiger partial charge in [0, 0.05) is 18.5 Å². The Labute approximate surface area is 132 Å². The largest absolute Gasteiger partial charge is 0.349 e. The van der Waals surface area contributed by atoms with Crippen LogP contribution in [0.4, 0.5) is 0 Å². The molecule has 0 spiro atoms. The number of hydrogen-bond donors (Lipinski definition) is 2. The lowest BCUT2D eigenvalue weighted by molar-refractivity contribution is -0.123. The molecule has 118 valence electrons. The van der Waals surface area contributed by atoms with Crippen molar-refractivity contribution < 1.29 is 4.79 Å². The van der Waals surface area contributed by atoms with Crippen molar-refractivity contribution in [1.82, 2.24) is 10.6 Å². The second-order valence-corrected chi connectivity index (χ2v) is 7.39. The summed E-state index contributed by atoms with van der Waals surface area (Å²) in [4.78, 5) is 12.5. The minimum atomic E-state index is 0.232. The van der Waals surface area contributed by atoms with Gasteiger partial charge < -0.3 is 10.6 Å². The Balaban J connectivity index is 1.37. The summed E-state index contributed by atoms with van der Waals surface area (Å²) in [6.07, 6.45) is 9.11. The van der Waals surface area contributed by atoms with Crippen molar-refractivity contribution in [3.63, 3.8) is 0 Å². The molecule has 1 aromatic rings. The third-order valence-corrected chi connectivity index (χ3v) is 5.75. The van der Waals surface area contributed by atoms with Crippen LogP contribution in [0.25, 0.3) is 0 Å². The summed E-state index contributed by atoms with van der Waals surface area (Å²) in [5, 5.41) is 6.97. The maximum atomic E-state index is 12.5. The van der Waals surface area contributed by atoms with Gasteiger partial charge >= 0.3 is 0 Å². The molecule has 3 unspecified atom stereocenters. The number of carbonyl (C=O) groups is 1. The SMILES string of the molecule is O=C(CC1CC2CCC(C1)N2)NC1CCCc2ccccc21. The Kier molecular flexibility index (Phi) is 3.91. The summed E-state index contributed by atoms with van der Waals surface area (Å²) in [5.74, 6) is 0.839. The number of amides is 1. The van der Waals surface area contributed by atoms with E-state index >= 15 is 0 Å². The Hall–Kier alpha value is -1.35. The predicted molar refractivity (Wildman–Crippen MR) is 87.6 cm³/mol. The molecule has 2 bridgehead atoms. The van der Waals surface area contributed by atoms with Crippen LogP contribution in [0, 0.1) is 5.92 Å². The number of benzene rings is 1. The number of aryl methyl sites for hydroxylation is 1. The molecule has 2 N–H and O–H groups in total. The lowest BCUT2D eigenvalue weighted by Crippen LogP contribution is -2.40. The molecule has 3 nitrogen and oxygen atoms in total. The number of hydrogen-bond acceptors (Lipinski definition) is 2. The number of carbonyl (C=O) groups excluding carboxylic acids is 1. The van der Waals surface area contributed by atoms with Gasteiger partial charge in [-0.2, -0.15) is 0 Å². The molecule has 1 aromatic carbocycles. The van der Waals surface area contributed by atoms with Gasteiger partial charge in [-0.3, -0.25) is 4.79 Å². The average Bonchev–Trinajstić information content (AvgIpc) is 2.86. The van der Waals surface area contributed by atoms with Crippen molar-refractivity contribution in [2.45, 2.75) is 69.5 Å². The lowest BCUT2D eigenvalue weighted by Gasteiger charge is -2.30. The van der Waals surface area contributed by atoms with Crippen LogP contribution in [-0.2, 0) is 11.2 Å². The maximum absolute atomic E-state index is 12.5. The Morgan fingerprint density at radius 2 is 1.91 bits per heavy atom. The molecule has 0 saturated carbocycles. The summed E-state index contributed by atoms with van der Waals surface area (Å²) < 4.78 is 0. The molecule has 0 aromatic heterocycles. The summed E-state index contributed by atoms with van der Waals surface area (Å²) in [6.45, 7) is 0. The molecule has 3 atom stereocenters. The zero-order valence-electron chi connectivity index (χ0n) is 13.2. The van der Waals surface area contributed by atoms with E-state index in [1.54, 1.807) is 0 Å². The number of fused-ring (bicyclic) bond motifs is 3. The first-order valence-electron chi connectivity index (χ1n) is 8.91. The molecule has 1 aliphatic carbocycles. The van der Waals surface area contributed by atoms with Crippen molar-refractivity contribution in [2.24, 2.45) is 5.92 Å². The summed E-state index contributed by atoms with van der Waals surface area (Å²) in [5.41, 5.74) is 2.76. The number of piperidine rings is 1. The van der Waals surface area contributed by atoms with E-state index in [2.05, 4.69) is 34.9 Å². The van der Waals surface area contributed by atoms with Gasteiger partial charge in [-0.25, -0.2) is 0 Å². The quantitative estimate of drug-likeness (QED) is 0.900. The number of nitrogens with one attached hydrogen (secondary N) is 2. The van der Waals surface area contributed by atoms with Gasteiger partial charge in [0.2, 0.25) is 5.91 Å². The van der Waals surface area contributed by atoms with E-state index in [0.29, 0.717) is 24.4 Å². The summed E-state index contributed by atoms with van der Waals surface area (Å²) in [6, 6.07) is 10.2. The molecule has 2 heterocycles. The highest BCUT2D eigenvalue weighted by molar-refractivity contribution is 5.76. The van der Waals surface area contributed by atoms with Crippen LogP contribution in [0.3, 0.4) is 0 Å². The van der Waals surface area contributed by atoms with Crippen LogP contribution in [-0.4, -0.2) is 18.0 Å². The molecule has 0 radical (unpaired) electrons. The highest BCUT2D eigenvalue weighted by atomic mass is 16.1. The normalized spacial score (nSPS) is 33.3. The molecule has 22 heavy (non-hydrogen) atoms. The first-order valence-corrected chi connectivity index (χ1v) is 8.91. The van der Waals surface area contributed by atoms with Gasteiger partial charge in [0.25, 0.3) is 0 Å². The van der Waals surface area contributed by atoms with Crippen LogP contribution in [0.2, 0.25) is 0 Å². The molecular formula is C19H26N2O. The van der Waals surface area contributed by atoms with Crippen molar-refractivity contribution in [3.05, 3.63) is 35.4 Å². The van der Waals surface area contributed by atoms with E-state index in [1.807, 2.05) is 0 Å². The highest BCUT2D eigenvalue weighted by Gasteiger charge is 2.34. The fourth-order valence-electron chi connectivity index (χ4n) is 4.76. The zero-order valence-corrected chi connectivity index (χ0v) is 13.2. The third-order valence-electron chi connectivity index (χ3n) is 5.75. The van der Waals surface area contributed by atoms with Gasteiger partial charge in [-0.1, -0.05) is 24.3 Å². The van der Waals surface area contributed by atoms with Crippen LogP contribution >= 0.6 is 0 Å². The smallest absolute Gasteiger partial charge is 0.220 e. The van der Waals surface area contributed by atoms with Crippen LogP contribution in [0.5, 0.6) is 0 Å². The van der Waals surface area contributed by atoms with Crippen molar-refractivity contribution >= 4 is 5.91 Å². The molecule has 2 aliphatic heterocycles. The predicted octanol–water partition coefficient (Wildman–Crippen LogP) is 3.10. The molecule has 2 saturated heterocycles. The Morgan fingerprint density at radius 3 is 2.73 bits per heavy atom. The molecular weight excluding hydrogens is 272 g/mol. The fraction of sp³-hybridized carbons (Fsp3) is 0.632. The third kappa shape index (κ3) is 2.91. The van der Waals surface area contributed by atoms with E-state index in [4.69, 9.17) is 0 Å². The molecule has 3 heteroatoms. The van der Waals surface area contributed by atoms with E-state index in [-0.39, 0.29) is 11.9 Å². The monoisotopic (exact) mass is 298 g/mol. The summed E-state index contributed by atoms with van der Waals surface area (Å²) in [7, 11) is 0. The van der Waals surface area contributed by atoms with Crippen LogP contribution in [0.15, 0.2) is 24.3 Å². The topological polar surface area (TPSA) is 41.1 Å². The van der Waals surface area contributed by atoms with Crippen LogP contribution in [0.1, 0.15) is 62.1 Å². The first kappa shape index (κ1) is 14.3. The maximum Gasteiger partial charge on any atom is 0.220 e. The Bertz CT molecular complexity index is 544. The Morgan fingerprint density at radius 1 is 1.14 bits per heavy atom. The zero-order chi connectivity index (χ0) is 14.9. The van der Waals surface area contributed by atoms with E-state index in [0.717, 1.165) is 12.8 Å². The van der Waals surface area contributed by atoms with Crippen LogP contribution < -0.4 is 10.6 Å². The minimum absolute atomic E-state index is 0.232. The molecule has 3 aliphatic rings. The fourth-order valence-corrected chi connectivity index (χ4v) is 4.76. The molecule has 4 rings (SSSR count). The number of rotatable bonds is 3. The van der Waals surface area contributed by atoms with Crippen molar-refractivity contribution in [3.8, 4) is 0 Å².